The third kappa shape index (κ3) is 4.87. The Morgan fingerprint density at radius 2 is 1.65 bits per heavy atom. The Bertz CT molecular complexity index is 1830. The fourth-order valence-corrected chi connectivity index (χ4v) is 6.19. The van der Waals surface area contributed by atoms with Crippen molar-refractivity contribution in [3.05, 3.63) is 114 Å². The van der Waals surface area contributed by atoms with Crippen molar-refractivity contribution in [2.75, 3.05) is 10.9 Å². The van der Waals surface area contributed by atoms with Crippen molar-refractivity contribution in [1.29, 1.82) is 0 Å². The number of carbonyl (C=O) groups is 2. The number of pyridine rings is 1. The fraction of sp³-hybridized carbons (Fsp3) is 0.129. The standard InChI is InChI=1S/C31H26N2O6S/c1-4-38-31(35)28-25-19-24(11-12-26(25)39-29(28)22-8-6-5-7-9-22)33(30(34)23-14-16-32-17-15-23)40(36,37)27-13-10-20(2)18-21(27)3/h5-19H,4H2,1-3H3. The number of nitrogens with zero attached hydrogens (tertiary/aromatic N) is 2. The van der Waals surface area contributed by atoms with Gasteiger partial charge in [-0.15, -0.1) is 0 Å². The smallest absolute Gasteiger partial charge is 0.342 e. The number of esters is 1. The van der Waals surface area contributed by atoms with Crippen molar-refractivity contribution < 1.29 is 27.2 Å². The molecule has 2 aromatic heterocycles. The number of anilines is 1. The minimum atomic E-state index is -4.39. The largest absolute Gasteiger partial charge is 0.462 e. The zero-order valence-electron chi connectivity index (χ0n) is 22.1. The molecule has 0 radical (unpaired) electrons. The number of benzene rings is 3. The number of furan rings is 1. The lowest BCUT2D eigenvalue weighted by Crippen LogP contribution is -2.37. The average molecular weight is 555 g/mol. The van der Waals surface area contributed by atoms with E-state index in [0.717, 1.165) is 9.87 Å². The first kappa shape index (κ1) is 26.8. The summed E-state index contributed by atoms with van der Waals surface area (Å²) in [5, 5.41) is 0.318. The molecule has 0 aliphatic rings. The molecule has 5 rings (SSSR count). The fourth-order valence-electron chi connectivity index (χ4n) is 4.57. The Labute approximate surface area is 231 Å². The van der Waals surface area contributed by atoms with Gasteiger partial charge in [0.25, 0.3) is 15.9 Å². The van der Waals surface area contributed by atoms with Crippen LogP contribution in [0.3, 0.4) is 0 Å². The number of ether oxygens (including phenoxy) is 1. The molecule has 0 spiro atoms. The number of aromatic nitrogens is 1. The Morgan fingerprint density at radius 1 is 0.925 bits per heavy atom. The van der Waals surface area contributed by atoms with Gasteiger partial charge in [-0.25, -0.2) is 13.2 Å². The van der Waals surface area contributed by atoms with Gasteiger partial charge in [-0.2, -0.15) is 4.31 Å². The highest BCUT2D eigenvalue weighted by Gasteiger charge is 2.34. The van der Waals surface area contributed by atoms with E-state index in [-0.39, 0.29) is 34.1 Å². The molecule has 0 bridgehead atoms. The molecular weight excluding hydrogens is 528 g/mol. The lowest BCUT2D eigenvalue weighted by Gasteiger charge is -2.24. The molecule has 0 fully saturated rings. The van der Waals surface area contributed by atoms with Gasteiger partial charge in [0.05, 0.1) is 17.2 Å². The molecule has 0 saturated carbocycles. The number of fused-ring (bicyclic) bond motifs is 1. The van der Waals surface area contributed by atoms with Gasteiger partial charge in [-0.3, -0.25) is 9.78 Å². The van der Waals surface area contributed by atoms with Crippen molar-refractivity contribution in [2.24, 2.45) is 0 Å². The van der Waals surface area contributed by atoms with Gasteiger partial charge in [0.2, 0.25) is 0 Å². The molecule has 9 heteroatoms. The number of amides is 1. The normalized spacial score (nSPS) is 11.4. The SMILES string of the molecule is CCOC(=O)c1c(-c2ccccc2)oc2ccc(N(C(=O)c3ccncc3)S(=O)(=O)c3ccc(C)cc3C)cc12. The Balaban J connectivity index is 1.76. The number of carbonyl (C=O) groups excluding carboxylic acids is 2. The molecule has 8 nitrogen and oxygen atoms in total. The zero-order valence-corrected chi connectivity index (χ0v) is 22.9. The summed E-state index contributed by atoms with van der Waals surface area (Å²) in [6.45, 7) is 5.36. The molecule has 40 heavy (non-hydrogen) atoms. The van der Waals surface area contributed by atoms with Crippen LogP contribution in [0.1, 0.15) is 38.8 Å². The van der Waals surface area contributed by atoms with E-state index >= 15 is 0 Å². The van der Waals surface area contributed by atoms with Crippen molar-refractivity contribution in [1.82, 2.24) is 4.98 Å². The first-order chi connectivity index (χ1) is 19.2. The van der Waals surface area contributed by atoms with Crippen LogP contribution in [-0.2, 0) is 14.8 Å². The number of hydrogen-bond acceptors (Lipinski definition) is 7. The van der Waals surface area contributed by atoms with Crippen molar-refractivity contribution in [3.63, 3.8) is 0 Å². The van der Waals surface area contributed by atoms with Crippen LogP contribution in [0.2, 0.25) is 0 Å². The molecule has 2 heterocycles. The maximum absolute atomic E-state index is 14.1. The highest BCUT2D eigenvalue weighted by atomic mass is 32.2. The van der Waals surface area contributed by atoms with Gasteiger partial charge in [0, 0.05) is 28.9 Å². The summed E-state index contributed by atoms with van der Waals surface area (Å²) in [6, 6.07) is 21.4. The van der Waals surface area contributed by atoms with Gasteiger partial charge in [0.1, 0.15) is 16.9 Å². The van der Waals surface area contributed by atoms with Gasteiger partial charge in [-0.1, -0.05) is 48.0 Å². The van der Waals surface area contributed by atoms with E-state index in [9.17, 15) is 18.0 Å². The van der Waals surface area contributed by atoms with E-state index < -0.39 is 21.9 Å². The van der Waals surface area contributed by atoms with Crippen LogP contribution in [0.25, 0.3) is 22.3 Å². The lowest BCUT2D eigenvalue weighted by molar-refractivity contribution is 0.0528. The second kappa shape index (κ2) is 10.8. The molecule has 0 N–H and O–H groups in total. The highest BCUT2D eigenvalue weighted by molar-refractivity contribution is 7.93. The van der Waals surface area contributed by atoms with Gasteiger partial charge in [-0.05, 0) is 62.7 Å². The Kier molecular flexibility index (Phi) is 7.23. The van der Waals surface area contributed by atoms with Gasteiger partial charge < -0.3 is 9.15 Å². The summed E-state index contributed by atoms with van der Waals surface area (Å²) >= 11 is 0. The first-order valence-corrected chi connectivity index (χ1v) is 14.0. The summed E-state index contributed by atoms with van der Waals surface area (Å²) in [6.07, 6.45) is 2.83. The van der Waals surface area contributed by atoms with Crippen molar-refractivity contribution >= 4 is 38.6 Å². The van der Waals surface area contributed by atoms with E-state index in [1.54, 1.807) is 44.2 Å². The van der Waals surface area contributed by atoms with E-state index in [4.69, 9.17) is 9.15 Å². The predicted molar refractivity (Wildman–Crippen MR) is 152 cm³/mol. The molecule has 0 aliphatic heterocycles. The topological polar surface area (TPSA) is 107 Å². The molecule has 202 valence electrons. The second-order valence-electron chi connectivity index (χ2n) is 9.15. The minimum Gasteiger partial charge on any atom is -0.462 e. The summed E-state index contributed by atoms with van der Waals surface area (Å²) in [5.74, 6) is -1.11. The van der Waals surface area contributed by atoms with E-state index in [2.05, 4.69) is 4.98 Å². The van der Waals surface area contributed by atoms with Crippen LogP contribution in [0.15, 0.2) is 101 Å². The van der Waals surface area contributed by atoms with Crippen molar-refractivity contribution in [2.45, 2.75) is 25.7 Å². The third-order valence-corrected chi connectivity index (χ3v) is 8.25. The van der Waals surface area contributed by atoms with E-state index in [0.29, 0.717) is 22.1 Å². The van der Waals surface area contributed by atoms with Crippen molar-refractivity contribution in [3.8, 4) is 11.3 Å². The molecule has 0 atom stereocenters. The number of aryl methyl sites for hydroxylation is 2. The first-order valence-electron chi connectivity index (χ1n) is 12.6. The second-order valence-corrected chi connectivity index (χ2v) is 10.9. The van der Waals surface area contributed by atoms with Crippen LogP contribution in [-0.4, -0.2) is 31.9 Å². The van der Waals surface area contributed by atoms with Gasteiger partial charge in [0.15, 0.2) is 0 Å². The van der Waals surface area contributed by atoms with Crippen LogP contribution in [0.5, 0.6) is 0 Å². The maximum atomic E-state index is 14.1. The lowest BCUT2D eigenvalue weighted by atomic mass is 10.1. The molecule has 0 aliphatic carbocycles. The monoisotopic (exact) mass is 554 g/mol. The molecular formula is C31H26N2O6S. The molecule has 3 aromatic carbocycles. The summed E-state index contributed by atoms with van der Waals surface area (Å²) in [7, 11) is -4.39. The van der Waals surface area contributed by atoms with Crippen LogP contribution >= 0.6 is 0 Å². The number of rotatable bonds is 7. The van der Waals surface area contributed by atoms with Gasteiger partial charge >= 0.3 is 5.97 Å². The van der Waals surface area contributed by atoms with Crippen LogP contribution in [0, 0.1) is 13.8 Å². The quantitative estimate of drug-likeness (QED) is 0.217. The maximum Gasteiger partial charge on any atom is 0.342 e. The molecule has 0 unspecified atom stereocenters. The minimum absolute atomic E-state index is 0.0108. The van der Waals surface area contributed by atoms with Crippen LogP contribution < -0.4 is 4.31 Å². The number of hydrogen-bond donors (Lipinski definition) is 0. The average Bonchev–Trinajstić information content (AvgIpc) is 3.33. The summed E-state index contributed by atoms with van der Waals surface area (Å²) in [5.41, 5.74) is 2.68. The molecule has 1 amide bonds. The summed E-state index contributed by atoms with van der Waals surface area (Å²) < 4.78 is 40.4. The van der Waals surface area contributed by atoms with Crippen LogP contribution in [0.4, 0.5) is 5.69 Å². The molecule has 5 aromatic rings. The Hall–Kier alpha value is -4.76. The Morgan fingerprint density at radius 3 is 2.33 bits per heavy atom. The third-order valence-electron chi connectivity index (χ3n) is 6.38. The highest BCUT2D eigenvalue weighted by Crippen LogP contribution is 2.38. The van der Waals surface area contributed by atoms with E-state index in [1.807, 2.05) is 25.1 Å². The zero-order chi connectivity index (χ0) is 28.4. The molecule has 0 saturated heterocycles. The number of sulfonamides is 1. The predicted octanol–water partition coefficient (Wildman–Crippen LogP) is 6.32. The summed E-state index contributed by atoms with van der Waals surface area (Å²) in [4.78, 5) is 30.9. The van der Waals surface area contributed by atoms with E-state index in [1.165, 1.54) is 42.7 Å².